The number of anilines is 2. The van der Waals surface area contributed by atoms with E-state index in [0.29, 0.717) is 11.6 Å². The van der Waals surface area contributed by atoms with Gasteiger partial charge in [0.2, 0.25) is 0 Å². The number of thiophene rings is 1. The molecule has 0 fully saturated rings. The van der Waals surface area contributed by atoms with E-state index in [1.807, 2.05) is 0 Å². The fourth-order valence-corrected chi connectivity index (χ4v) is 2.13. The molecule has 16 heavy (non-hydrogen) atoms. The Morgan fingerprint density at radius 2 is 2.12 bits per heavy atom. The molecule has 0 saturated heterocycles. The minimum atomic E-state index is 0.548. The highest BCUT2D eigenvalue weighted by molar-refractivity contribution is 7.08. The number of nitrogens with two attached hydrogens (primary N) is 1. The summed E-state index contributed by atoms with van der Waals surface area (Å²) < 4.78 is 0. The highest BCUT2D eigenvalue weighted by Crippen LogP contribution is 2.15. The van der Waals surface area contributed by atoms with E-state index >= 15 is 0 Å². The van der Waals surface area contributed by atoms with Crippen LogP contribution in [-0.4, -0.2) is 9.97 Å². The normalized spacial score (nSPS) is 10.1. The number of hydrazine groups is 1. The first-order chi connectivity index (χ1) is 7.79. The van der Waals surface area contributed by atoms with Gasteiger partial charge >= 0.3 is 0 Å². The van der Waals surface area contributed by atoms with E-state index < -0.39 is 0 Å². The molecule has 0 spiro atoms. The molecule has 0 aliphatic rings. The second kappa shape index (κ2) is 4.91. The topological polar surface area (TPSA) is 75.9 Å². The van der Waals surface area contributed by atoms with Gasteiger partial charge in [0.1, 0.15) is 5.82 Å². The van der Waals surface area contributed by atoms with Crippen molar-refractivity contribution >= 4 is 23.0 Å². The van der Waals surface area contributed by atoms with E-state index in [4.69, 9.17) is 5.84 Å². The number of aryl methyl sites for hydroxylation is 1. The highest BCUT2D eigenvalue weighted by atomic mass is 32.1. The summed E-state index contributed by atoms with van der Waals surface area (Å²) in [7, 11) is 0. The van der Waals surface area contributed by atoms with Crippen LogP contribution in [-0.2, 0) is 6.54 Å². The monoisotopic (exact) mass is 235 g/mol. The number of aromatic nitrogens is 2. The van der Waals surface area contributed by atoms with Crippen LogP contribution in [0.15, 0.2) is 23.2 Å². The lowest BCUT2D eigenvalue weighted by Crippen LogP contribution is -2.10. The molecule has 0 amide bonds. The third-order valence-corrected chi connectivity index (χ3v) is 3.11. The van der Waals surface area contributed by atoms with Crippen LogP contribution >= 0.6 is 11.3 Å². The van der Waals surface area contributed by atoms with Gasteiger partial charge in [0.25, 0.3) is 0 Å². The van der Waals surface area contributed by atoms with Gasteiger partial charge in [-0.2, -0.15) is 11.3 Å². The summed E-state index contributed by atoms with van der Waals surface area (Å²) in [6.45, 7) is 2.84. The lowest BCUT2D eigenvalue weighted by atomic mass is 10.2. The van der Waals surface area contributed by atoms with Crippen molar-refractivity contribution < 1.29 is 0 Å². The molecule has 2 aromatic heterocycles. The average Bonchev–Trinajstić information content (AvgIpc) is 2.72. The molecular weight excluding hydrogens is 222 g/mol. The Labute approximate surface area is 97.7 Å². The molecule has 5 nitrogen and oxygen atoms in total. The zero-order chi connectivity index (χ0) is 11.4. The third-order valence-electron chi connectivity index (χ3n) is 2.20. The maximum Gasteiger partial charge on any atom is 0.160 e. The van der Waals surface area contributed by atoms with Crippen molar-refractivity contribution in [2.75, 3.05) is 10.7 Å². The Kier molecular flexibility index (Phi) is 3.33. The Hall–Kier alpha value is -1.66. The van der Waals surface area contributed by atoms with Crippen molar-refractivity contribution in [1.29, 1.82) is 0 Å². The van der Waals surface area contributed by atoms with Crippen LogP contribution in [0.2, 0.25) is 0 Å². The van der Waals surface area contributed by atoms with Crippen molar-refractivity contribution in [2.24, 2.45) is 5.84 Å². The van der Waals surface area contributed by atoms with Crippen molar-refractivity contribution in [3.8, 4) is 0 Å². The molecule has 0 bridgehead atoms. The largest absolute Gasteiger partial charge is 0.365 e. The molecule has 0 atom stereocenters. The predicted octanol–water partition coefficient (Wildman–Crippen LogP) is 1.74. The molecule has 84 valence electrons. The molecule has 0 radical (unpaired) electrons. The summed E-state index contributed by atoms with van der Waals surface area (Å²) in [5.41, 5.74) is 5.03. The Bertz CT molecular complexity index is 468. The summed E-state index contributed by atoms with van der Waals surface area (Å²) in [4.78, 5) is 8.23. The molecule has 0 saturated carbocycles. The zero-order valence-corrected chi connectivity index (χ0v) is 9.71. The minimum Gasteiger partial charge on any atom is -0.365 e. The molecule has 4 N–H and O–H groups in total. The van der Waals surface area contributed by atoms with Gasteiger partial charge in [-0.1, -0.05) is 0 Å². The van der Waals surface area contributed by atoms with E-state index in [1.54, 1.807) is 23.7 Å². The van der Waals surface area contributed by atoms with Gasteiger partial charge in [-0.05, 0) is 28.8 Å². The molecule has 2 heterocycles. The van der Waals surface area contributed by atoms with Gasteiger partial charge in [0.05, 0.1) is 12.4 Å². The van der Waals surface area contributed by atoms with Crippen molar-refractivity contribution in [3.05, 3.63) is 34.3 Å². The van der Waals surface area contributed by atoms with Crippen LogP contribution in [0.5, 0.6) is 0 Å². The molecule has 2 rings (SSSR count). The smallest absolute Gasteiger partial charge is 0.160 e. The van der Waals surface area contributed by atoms with Gasteiger partial charge < -0.3 is 10.7 Å². The second-order valence-electron chi connectivity index (χ2n) is 3.37. The van der Waals surface area contributed by atoms with E-state index in [2.05, 4.69) is 38.4 Å². The summed E-state index contributed by atoms with van der Waals surface area (Å²) >= 11 is 1.70. The number of nitrogens with one attached hydrogen (secondary N) is 2. The van der Waals surface area contributed by atoms with Crippen molar-refractivity contribution in [3.63, 3.8) is 0 Å². The summed E-state index contributed by atoms with van der Waals surface area (Å²) in [6.07, 6.45) is 3.24. The Balaban J connectivity index is 2.02. The summed E-state index contributed by atoms with van der Waals surface area (Å²) in [5, 5.41) is 7.45. The number of nitrogens with zero attached hydrogens (tertiary/aromatic N) is 2. The lowest BCUT2D eigenvalue weighted by Gasteiger charge is -2.06. The van der Waals surface area contributed by atoms with Crippen LogP contribution in [0, 0.1) is 6.92 Å². The van der Waals surface area contributed by atoms with Crippen LogP contribution < -0.4 is 16.6 Å². The summed E-state index contributed by atoms with van der Waals surface area (Å²) in [6, 6.07) is 0. The van der Waals surface area contributed by atoms with Crippen LogP contribution in [0.25, 0.3) is 0 Å². The van der Waals surface area contributed by atoms with Gasteiger partial charge in [0.15, 0.2) is 5.82 Å². The lowest BCUT2D eigenvalue weighted by molar-refractivity contribution is 1.07. The SMILES string of the molecule is Cc1cscc1CNc1cncc(NN)n1. The molecule has 0 aliphatic heterocycles. The van der Waals surface area contributed by atoms with Crippen LogP contribution in [0.4, 0.5) is 11.6 Å². The van der Waals surface area contributed by atoms with E-state index in [0.717, 1.165) is 6.54 Å². The zero-order valence-electron chi connectivity index (χ0n) is 8.90. The van der Waals surface area contributed by atoms with E-state index in [1.165, 1.54) is 11.1 Å². The molecule has 0 unspecified atom stereocenters. The fourth-order valence-electron chi connectivity index (χ4n) is 1.27. The standard InChI is InChI=1S/C10H13N5S/c1-7-5-16-6-8(7)2-13-9-3-12-4-10(14-9)15-11/h3-6H,2,11H2,1H3,(H2,13,14,15). The predicted molar refractivity (Wildman–Crippen MR) is 66.2 cm³/mol. The average molecular weight is 235 g/mol. The fraction of sp³-hybridized carbons (Fsp3) is 0.200. The first kappa shape index (κ1) is 10.8. The van der Waals surface area contributed by atoms with Gasteiger partial charge in [-0.25, -0.2) is 10.8 Å². The molecule has 0 aliphatic carbocycles. The van der Waals surface area contributed by atoms with Crippen molar-refractivity contribution in [2.45, 2.75) is 13.5 Å². The van der Waals surface area contributed by atoms with Crippen LogP contribution in [0.3, 0.4) is 0 Å². The number of rotatable bonds is 4. The maximum atomic E-state index is 5.25. The first-order valence-corrected chi connectivity index (χ1v) is 5.78. The second-order valence-corrected chi connectivity index (χ2v) is 4.11. The molecule has 2 aromatic rings. The Morgan fingerprint density at radius 3 is 2.81 bits per heavy atom. The minimum absolute atomic E-state index is 0.548. The van der Waals surface area contributed by atoms with E-state index in [9.17, 15) is 0 Å². The van der Waals surface area contributed by atoms with Crippen molar-refractivity contribution in [1.82, 2.24) is 9.97 Å². The van der Waals surface area contributed by atoms with Crippen LogP contribution in [0.1, 0.15) is 11.1 Å². The highest BCUT2D eigenvalue weighted by Gasteiger charge is 2.00. The number of nitrogen functional groups attached to an aromatic ring is 1. The molecule has 0 aromatic carbocycles. The maximum absolute atomic E-state index is 5.25. The first-order valence-electron chi connectivity index (χ1n) is 4.84. The Morgan fingerprint density at radius 1 is 1.31 bits per heavy atom. The van der Waals surface area contributed by atoms with Gasteiger partial charge in [-0.3, -0.25) is 4.98 Å². The van der Waals surface area contributed by atoms with Gasteiger partial charge in [-0.15, -0.1) is 0 Å². The van der Waals surface area contributed by atoms with E-state index in [-0.39, 0.29) is 0 Å². The quantitative estimate of drug-likeness (QED) is 0.556. The molecular formula is C10H13N5S. The third kappa shape index (κ3) is 2.47. The molecule has 6 heteroatoms. The summed E-state index contributed by atoms with van der Waals surface area (Å²) in [5.74, 6) is 6.51. The number of hydrogen-bond donors (Lipinski definition) is 3. The number of hydrogen-bond acceptors (Lipinski definition) is 6. The van der Waals surface area contributed by atoms with Gasteiger partial charge in [0, 0.05) is 6.54 Å².